The van der Waals surface area contributed by atoms with Crippen molar-refractivity contribution in [3.8, 4) is 0 Å². The number of aryl methyl sites for hydroxylation is 1. The number of aromatic nitrogens is 2. The number of anilines is 1. The second-order valence-corrected chi connectivity index (χ2v) is 7.46. The third-order valence-electron chi connectivity index (χ3n) is 5.27. The molecule has 0 atom stereocenters. The fraction of sp³-hybridized carbons (Fsp3) is 0.348. The molecule has 0 saturated heterocycles. The van der Waals surface area contributed by atoms with Crippen molar-refractivity contribution in [3.63, 3.8) is 0 Å². The largest absolute Gasteiger partial charge is 0.367 e. The minimum atomic E-state index is 0.549. The fourth-order valence-corrected chi connectivity index (χ4v) is 3.87. The Bertz CT molecular complexity index is 915. The maximum atomic E-state index is 4.95. The van der Waals surface area contributed by atoms with Crippen LogP contribution in [0.25, 0.3) is 17.3 Å². The van der Waals surface area contributed by atoms with Crippen LogP contribution in [-0.2, 0) is 0 Å². The van der Waals surface area contributed by atoms with Crippen LogP contribution < -0.4 is 5.32 Å². The average Bonchev–Trinajstić information content (AvgIpc) is 3.01. The molecule has 1 N–H and O–H groups in total. The quantitative estimate of drug-likeness (QED) is 0.633. The van der Waals surface area contributed by atoms with Crippen LogP contribution in [0.4, 0.5) is 5.82 Å². The summed E-state index contributed by atoms with van der Waals surface area (Å²) in [5.74, 6) is 1.14. The van der Waals surface area contributed by atoms with Crippen LogP contribution in [0.1, 0.15) is 55.8 Å². The van der Waals surface area contributed by atoms with Gasteiger partial charge in [-0.3, -0.25) is 4.40 Å². The number of fused-ring (bicyclic) bond motifs is 1. The van der Waals surface area contributed by atoms with E-state index in [4.69, 9.17) is 4.98 Å². The summed E-state index contributed by atoms with van der Waals surface area (Å²) in [6.45, 7) is 4.30. The first kappa shape index (κ1) is 16.9. The van der Waals surface area contributed by atoms with Gasteiger partial charge in [0.15, 0.2) is 0 Å². The normalized spacial score (nSPS) is 16.2. The van der Waals surface area contributed by atoms with Gasteiger partial charge in [0.1, 0.15) is 17.2 Å². The van der Waals surface area contributed by atoms with Gasteiger partial charge in [-0.05, 0) is 55.5 Å². The van der Waals surface area contributed by atoms with E-state index in [1.807, 2.05) is 0 Å². The van der Waals surface area contributed by atoms with Crippen LogP contribution >= 0.6 is 0 Å². The Kier molecular flexibility index (Phi) is 4.79. The first-order valence-corrected chi connectivity index (χ1v) is 9.70. The van der Waals surface area contributed by atoms with Crippen LogP contribution in [0.15, 0.2) is 48.7 Å². The zero-order valence-corrected chi connectivity index (χ0v) is 15.7. The number of rotatable bonds is 4. The van der Waals surface area contributed by atoms with E-state index in [9.17, 15) is 0 Å². The highest BCUT2D eigenvalue weighted by atomic mass is 15.1. The molecule has 1 aromatic carbocycles. The predicted molar refractivity (Wildman–Crippen MR) is 110 cm³/mol. The number of imidazole rings is 1. The molecular formula is C23H27N3. The fourth-order valence-electron chi connectivity index (χ4n) is 3.87. The average molecular weight is 345 g/mol. The molecule has 1 aliphatic carbocycles. The third-order valence-corrected chi connectivity index (χ3v) is 5.27. The Morgan fingerprint density at radius 2 is 1.85 bits per heavy atom. The maximum absolute atomic E-state index is 4.95. The van der Waals surface area contributed by atoms with Crippen molar-refractivity contribution < 1.29 is 0 Å². The highest BCUT2D eigenvalue weighted by Gasteiger charge is 2.19. The number of nitrogens with zero attached hydrogens (tertiary/aromatic N) is 2. The molecule has 26 heavy (non-hydrogen) atoms. The number of pyridine rings is 1. The lowest BCUT2D eigenvalue weighted by atomic mass is 9.95. The minimum absolute atomic E-state index is 0.549. The summed E-state index contributed by atoms with van der Waals surface area (Å²) in [5.41, 5.74) is 5.71. The van der Waals surface area contributed by atoms with Crippen LogP contribution in [0.5, 0.6) is 0 Å². The molecule has 0 bridgehead atoms. The number of hydrogen-bond acceptors (Lipinski definition) is 2. The Hall–Kier alpha value is -2.55. The molecule has 3 nitrogen and oxygen atoms in total. The molecule has 0 unspecified atom stereocenters. The second kappa shape index (κ2) is 7.36. The first-order valence-electron chi connectivity index (χ1n) is 9.70. The molecule has 1 fully saturated rings. The van der Waals surface area contributed by atoms with Crippen molar-refractivity contribution in [2.24, 2.45) is 0 Å². The van der Waals surface area contributed by atoms with Gasteiger partial charge in [-0.25, -0.2) is 4.98 Å². The van der Waals surface area contributed by atoms with Gasteiger partial charge in [-0.15, -0.1) is 0 Å². The maximum Gasteiger partial charge on any atom is 0.139 e. The molecule has 2 aromatic heterocycles. The third kappa shape index (κ3) is 3.52. The molecule has 0 amide bonds. The Morgan fingerprint density at radius 3 is 2.62 bits per heavy atom. The highest BCUT2D eigenvalue weighted by Crippen LogP contribution is 2.30. The van der Waals surface area contributed by atoms with E-state index in [1.54, 1.807) is 0 Å². The lowest BCUT2D eigenvalue weighted by molar-refractivity contribution is 0.461. The highest BCUT2D eigenvalue weighted by molar-refractivity contribution is 5.84. The lowest BCUT2D eigenvalue weighted by Crippen LogP contribution is -2.23. The minimum Gasteiger partial charge on any atom is -0.367 e. The van der Waals surface area contributed by atoms with Gasteiger partial charge < -0.3 is 5.32 Å². The van der Waals surface area contributed by atoms with E-state index in [-0.39, 0.29) is 0 Å². The molecule has 0 aliphatic heterocycles. The van der Waals surface area contributed by atoms with E-state index in [0.717, 1.165) is 17.2 Å². The van der Waals surface area contributed by atoms with Crippen LogP contribution in [0.2, 0.25) is 0 Å². The summed E-state index contributed by atoms with van der Waals surface area (Å²) in [4.78, 5) is 4.95. The van der Waals surface area contributed by atoms with Gasteiger partial charge in [0.25, 0.3) is 0 Å². The monoisotopic (exact) mass is 345 g/mol. The molecule has 3 aromatic rings. The summed E-state index contributed by atoms with van der Waals surface area (Å²) < 4.78 is 2.22. The Balaban J connectivity index is 1.77. The number of hydrogen-bond donors (Lipinski definition) is 1. The van der Waals surface area contributed by atoms with Crippen molar-refractivity contribution >= 4 is 23.1 Å². The molecule has 4 rings (SSSR count). The van der Waals surface area contributed by atoms with Gasteiger partial charge in [-0.1, -0.05) is 55.7 Å². The molecule has 1 saturated carbocycles. The zero-order chi connectivity index (χ0) is 17.9. The lowest BCUT2D eigenvalue weighted by Gasteiger charge is -2.24. The topological polar surface area (TPSA) is 29.3 Å². The summed E-state index contributed by atoms with van der Waals surface area (Å²) in [6.07, 6.45) is 10.9. The number of benzene rings is 1. The molecule has 0 spiro atoms. The summed E-state index contributed by atoms with van der Waals surface area (Å²) in [6, 6.07) is 15.3. The van der Waals surface area contributed by atoms with Crippen molar-refractivity contribution in [1.82, 2.24) is 9.38 Å². The van der Waals surface area contributed by atoms with Crippen molar-refractivity contribution in [3.05, 3.63) is 65.5 Å². The van der Waals surface area contributed by atoms with E-state index in [2.05, 4.69) is 78.3 Å². The van der Waals surface area contributed by atoms with E-state index < -0.39 is 0 Å². The van der Waals surface area contributed by atoms with E-state index >= 15 is 0 Å². The number of allylic oxidation sites excluding steroid dienone is 1. The Labute approximate surface area is 155 Å². The van der Waals surface area contributed by atoms with Crippen molar-refractivity contribution in [1.29, 1.82) is 0 Å². The van der Waals surface area contributed by atoms with Gasteiger partial charge in [0.05, 0.1) is 0 Å². The van der Waals surface area contributed by atoms with Gasteiger partial charge >= 0.3 is 0 Å². The number of nitrogens with one attached hydrogen (secondary N) is 1. The van der Waals surface area contributed by atoms with Crippen LogP contribution in [0.3, 0.4) is 0 Å². The summed E-state index contributed by atoms with van der Waals surface area (Å²) >= 11 is 0. The Morgan fingerprint density at radius 1 is 1.08 bits per heavy atom. The van der Waals surface area contributed by atoms with E-state index in [1.165, 1.54) is 48.8 Å². The van der Waals surface area contributed by atoms with Crippen LogP contribution in [-0.4, -0.2) is 15.4 Å². The second-order valence-electron chi connectivity index (χ2n) is 7.46. The molecular weight excluding hydrogens is 318 g/mol. The molecule has 3 heteroatoms. The zero-order valence-electron chi connectivity index (χ0n) is 15.7. The molecule has 134 valence electrons. The SMILES string of the molecule is C/C(=C\c1ccccc1)c1nc2ccc(C)cn2c1NC1CCCCC1. The predicted octanol–water partition coefficient (Wildman–Crippen LogP) is 5.95. The van der Waals surface area contributed by atoms with Crippen molar-refractivity contribution in [2.75, 3.05) is 5.32 Å². The molecule has 1 aliphatic rings. The van der Waals surface area contributed by atoms with Gasteiger partial charge in [-0.2, -0.15) is 0 Å². The van der Waals surface area contributed by atoms with Gasteiger partial charge in [0.2, 0.25) is 0 Å². The molecule has 0 radical (unpaired) electrons. The van der Waals surface area contributed by atoms with E-state index in [0.29, 0.717) is 6.04 Å². The smallest absolute Gasteiger partial charge is 0.139 e. The summed E-state index contributed by atoms with van der Waals surface area (Å²) in [7, 11) is 0. The first-order chi connectivity index (χ1) is 12.7. The van der Waals surface area contributed by atoms with Crippen LogP contribution in [0, 0.1) is 6.92 Å². The van der Waals surface area contributed by atoms with Crippen molar-refractivity contribution in [2.45, 2.75) is 52.0 Å². The standard InChI is InChI=1S/C23H27N3/c1-17-13-14-21-25-22(18(2)15-19-9-5-3-6-10-19)23(26(21)16-17)24-20-11-7-4-8-12-20/h3,5-6,9-10,13-16,20,24H,4,7-8,11-12H2,1-2H3/b18-15+. The summed E-state index contributed by atoms with van der Waals surface area (Å²) in [5, 5.41) is 3.83. The molecule has 2 heterocycles. The van der Waals surface area contributed by atoms with Gasteiger partial charge in [0, 0.05) is 12.2 Å².